The number of hydrogen-bond acceptors (Lipinski definition) is 6. The van der Waals surface area contributed by atoms with Gasteiger partial charge in [0, 0.05) is 6.04 Å². The summed E-state index contributed by atoms with van der Waals surface area (Å²) >= 11 is 0. The molecule has 0 saturated carbocycles. The summed E-state index contributed by atoms with van der Waals surface area (Å²) in [5.41, 5.74) is 0.760. The quantitative estimate of drug-likeness (QED) is 0.435. The van der Waals surface area contributed by atoms with Crippen molar-refractivity contribution in [3.63, 3.8) is 0 Å². The summed E-state index contributed by atoms with van der Waals surface area (Å²) in [4.78, 5) is 31.0. The van der Waals surface area contributed by atoms with Gasteiger partial charge in [0.15, 0.2) is 0 Å². The number of rotatable bonds is 5. The van der Waals surface area contributed by atoms with Crippen molar-refractivity contribution in [3.05, 3.63) is 35.9 Å². The van der Waals surface area contributed by atoms with Crippen LogP contribution in [0.15, 0.2) is 44.3 Å². The van der Waals surface area contributed by atoms with E-state index in [1.807, 2.05) is 6.07 Å². The van der Waals surface area contributed by atoms with E-state index in [-0.39, 0.29) is 6.04 Å². The fourth-order valence-corrected chi connectivity index (χ4v) is 2.89. The number of isocyanates is 3. The van der Waals surface area contributed by atoms with Crippen molar-refractivity contribution in [1.82, 2.24) is 0 Å². The molecule has 0 spiro atoms. The van der Waals surface area contributed by atoms with Gasteiger partial charge in [-0.2, -0.15) is 14.0 Å². The van der Waals surface area contributed by atoms with Crippen molar-refractivity contribution >= 4 is 26.8 Å². The maximum absolute atomic E-state index is 10.3. The Kier molecular flexibility index (Phi) is 4.63. The number of hydrogen-bond donors (Lipinski definition) is 0. The maximum atomic E-state index is 10.3. The highest BCUT2D eigenvalue weighted by Gasteiger charge is 2.36. The van der Waals surface area contributed by atoms with Gasteiger partial charge in [0.1, 0.15) is 0 Å². The molecule has 0 unspecified atom stereocenters. The fourth-order valence-electron chi connectivity index (χ4n) is 1.28. The van der Waals surface area contributed by atoms with Crippen molar-refractivity contribution in [2.24, 2.45) is 14.0 Å². The highest BCUT2D eigenvalue weighted by molar-refractivity contribution is 6.76. The Morgan fingerprint density at radius 1 is 0.882 bits per heavy atom. The molecular weight excluding hydrogens is 238 g/mol. The first-order valence-electron chi connectivity index (χ1n) is 4.57. The van der Waals surface area contributed by atoms with Gasteiger partial charge in [-0.1, -0.05) is 30.3 Å². The molecule has 1 aromatic rings. The average Bonchev–Trinajstić information content (AvgIpc) is 2.31. The summed E-state index contributed by atoms with van der Waals surface area (Å²) in [5, 5.41) is 0. The molecule has 0 saturated heterocycles. The second-order valence-electron chi connectivity index (χ2n) is 3.05. The fraction of sp³-hybridized carbons (Fsp3) is 0.100. The van der Waals surface area contributed by atoms with Crippen LogP contribution in [-0.4, -0.2) is 26.8 Å². The van der Waals surface area contributed by atoms with Gasteiger partial charge in [0.25, 0.3) is 0 Å². The van der Waals surface area contributed by atoms with Gasteiger partial charge in [-0.25, -0.2) is 14.4 Å². The Balaban J connectivity index is 3.18. The predicted octanol–water partition coefficient (Wildman–Crippen LogP) is 0.715. The maximum Gasteiger partial charge on any atom is 0.471 e. The second kappa shape index (κ2) is 6.22. The highest BCUT2D eigenvalue weighted by Crippen LogP contribution is 2.15. The summed E-state index contributed by atoms with van der Waals surface area (Å²) in [6.07, 6.45) is 3.87. The first kappa shape index (κ1) is 12.6. The molecule has 84 valence electrons. The molecule has 1 rings (SSSR count). The molecule has 0 heterocycles. The van der Waals surface area contributed by atoms with Crippen LogP contribution in [0.3, 0.4) is 0 Å². The minimum Gasteiger partial charge on any atom is -0.212 e. The van der Waals surface area contributed by atoms with Crippen molar-refractivity contribution in [2.45, 2.75) is 6.04 Å². The van der Waals surface area contributed by atoms with Gasteiger partial charge < -0.3 is 0 Å². The topological polar surface area (TPSA) is 88.3 Å². The molecule has 0 N–H and O–H groups in total. The van der Waals surface area contributed by atoms with Crippen molar-refractivity contribution < 1.29 is 14.4 Å². The van der Waals surface area contributed by atoms with E-state index >= 15 is 0 Å². The van der Waals surface area contributed by atoms with E-state index in [1.54, 1.807) is 24.3 Å². The van der Waals surface area contributed by atoms with Crippen molar-refractivity contribution in [2.75, 3.05) is 0 Å². The average molecular weight is 245 g/mol. The zero-order chi connectivity index (χ0) is 12.6. The van der Waals surface area contributed by atoms with E-state index in [0.29, 0.717) is 0 Å². The first-order chi connectivity index (χ1) is 8.26. The molecule has 1 aromatic carbocycles. The van der Waals surface area contributed by atoms with E-state index in [2.05, 4.69) is 14.0 Å². The smallest absolute Gasteiger partial charge is 0.212 e. The minimum atomic E-state index is -3.43. The predicted molar refractivity (Wildman–Crippen MR) is 60.3 cm³/mol. The van der Waals surface area contributed by atoms with Crippen LogP contribution >= 0.6 is 0 Å². The summed E-state index contributed by atoms with van der Waals surface area (Å²) < 4.78 is 10.2. The number of carbonyl (C=O) groups excluding carboxylic acids is 3. The molecule has 0 aliphatic heterocycles. The highest BCUT2D eigenvalue weighted by atomic mass is 28.4. The van der Waals surface area contributed by atoms with E-state index < -0.39 is 8.56 Å². The summed E-state index contributed by atoms with van der Waals surface area (Å²) in [5.74, 6) is 0. The third kappa shape index (κ3) is 3.57. The monoisotopic (exact) mass is 245 g/mol. The lowest BCUT2D eigenvalue weighted by Crippen LogP contribution is -2.31. The normalized spacial score (nSPS) is 12.2. The van der Waals surface area contributed by atoms with E-state index in [9.17, 15) is 14.4 Å². The molecule has 0 bridgehead atoms. The summed E-state index contributed by atoms with van der Waals surface area (Å²) in [6.45, 7) is 0. The number of benzene rings is 1. The SMILES string of the molecule is O=C=N[Si](Cc1ccccc1)(N=C=O)N=C=O. The van der Waals surface area contributed by atoms with Crippen LogP contribution < -0.4 is 0 Å². The molecule has 0 fully saturated rings. The number of nitrogens with zero attached hydrogens (tertiary/aromatic N) is 3. The van der Waals surface area contributed by atoms with Gasteiger partial charge >= 0.3 is 8.56 Å². The van der Waals surface area contributed by atoms with Crippen LogP contribution in [0.5, 0.6) is 0 Å². The Bertz CT molecular complexity index is 481. The van der Waals surface area contributed by atoms with Crippen LogP contribution in [-0.2, 0) is 20.4 Å². The van der Waals surface area contributed by atoms with E-state index in [0.717, 1.165) is 5.56 Å². The molecule has 0 amide bonds. The minimum absolute atomic E-state index is 0.119. The molecule has 0 aromatic heterocycles. The third-order valence-electron chi connectivity index (χ3n) is 1.96. The van der Waals surface area contributed by atoms with Crippen molar-refractivity contribution in [1.29, 1.82) is 0 Å². The van der Waals surface area contributed by atoms with E-state index in [1.165, 1.54) is 18.2 Å². The molecule has 0 aliphatic carbocycles. The zero-order valence-electron chi connectivity index (χ0n) is 8.66. The molecule has 17 heavy (non-hydrogen) atoms. The zero-order valence-corrected chi connectivity index (χ0v) is 9.66. The van der Waals surface area contributed by atoms with Crippen LogP contribution in [0.2, 0.25) is 0 Å². The Morgan fingerprint density at radius 3 is 1.76 bits per heavy atom. The molecular formula is C10H7N3O3Si. The lowest BCUT2D eigenvalue weighted by molar-refractivity contribution is 0.564. The second-order valence-corrected chi connectivity index (χ2v) is 5.62. The Hall–Kier alpha value is -2.42. The largest absolute Gasteiger partial charge is 0.471 e. The first-order valence-corrected chi connectivity index (χ1v) is 6.62. The van der Waals surface area contributed by atoms with E-state index in [4.69, 9.17) is 0 Å². The molecule has 0 atom stereocenters. The van der Waals surface area contributed by atoms with Crippen LogP contribution in [0.4, 0.5) is 0 Å². The van der Waals surface area contributed by atoms with Crippen LogP contribution in [0.1, 0.15) is 5.56 Å². The van der Waals surface area contributed by atoms with Gasteiger partial charge in [0.05, 0.1) is 0 Å². The van der Waals surface area contributed by atoms with Gasteiger partial charge in [-0.3, -0.25) is 0 Å². The lowest BCUT2D eigenvalue weighted by atomic mass is 10.2. The van der Waals surface area contributed by atoms with Gasteiger partial charge in [-0.05, 0) is 5.56 Å². The molecule has 7 heteroatoms. The van der Waals surface area contributed by atoms with Gasteiger partial charge in [-0.15, -0.1) is 0 Å². The molecule has 0 aliphatic rings. The van der Waals surface area contributed by atoms with Crippen molar-refractivity contribution in [3.8, 4) is 0 Å². The summed E-state index contributed by atoms with van der Waals surface area (Å²) in [6, 6.07) is 8.98. The van der Waals surface area contributed by atoms with Gasteiger partial charge in [0.2, 0.25) is 18.2 Å². The molecule has 6 nitrogen and oxygen atoms in total. The standard InChI is InChI=1S/C10H7N3O3Si/c14-7-11-17(12-8-15,13-9-16)6-10-4-2-1-3-5-10/h1-5H,6H2. The third-order valence-corrected chi connectivity index (χ3v) is 4.19. The molecule has 0 radical (unpaired) electrons. The summed E-state index contributed by atoms with van der Waals surface area (Å²) in [7, 11) is -3.43. The lowest BCUT2D eigenvalue weighted by Gasteiger charge is -2.10. The Labute approximate surface area is 97.7 Å². The Morgan fingerprint density at radius 2 is 1.35 bits per heavy atom. The van der Waals surface area contributed by atoms with Crippen LogP contribution in [0, 0.1) is 0 Å². The van der Waals surface area contributed by atoms with Crippen LogP contribution in [0.25, 0.3) is 0 Å².